The second-order valence-corrected chi connectivity index (χ2v) is 7.24. The topological polar surface area (TPSA) is 89.1 Å². The Morgan fingerprint density at radius 1 is 1.31 bits per heavy atom. The largest absolute Gasteiger partial charge is 0.378 e. The van der Waals surface area contributed by atoms with E-state index in [-0.39, 0.29) is 0 Å². The summed E-state index contributed by atoms with van der Waals surface area (Å²) in [7, 11) is 0. The van der Waals surface area contributed by atoms with Gasteiger partial charge in [-0.05, 0) is 19.0 Å². The van der Waals surface area contributed by atoms with Gasteiger partial charge in [0, 0.05) is 41.8 Å². The van der Waals surface area contributed by atoms with Crippen LogP contribution < -0.4 is 16.1 Å². The van der Waals surface area contributed by atoms with Crippen LogP contribution in [0.4, 0.5) is 0 Å². The molecule has 1 unspecified atom stereocenters. The molecule has 1 aromatic heterocycles. The number of benzene rings is 1. The molecule has 0 aliphatic carbocycles. The average molecular weight is 396 g/mol. The lowest BCUT2D eigenvalue weighted by Gasteiger charge is -2.36. The Labute approximate surface area is 171 Å². The lowest BCUT2D eigenvalue weighted by Crippen LogP contribution is -2.56. The molecule has 1 fully saturated rings. The van der Waals surface area contributed by atoms with Gasteiger partial charge in [-0.25, -0.2) is 4.99 Å². The summed E-state index contributed by atoms with van der Waals surface area (Å²) < 4.78 is 5.48. The van der Waals surface area contributed by atoms with Crippen molar-refractivity contribution in [1.29, 1.82) is 0 Å². The molecular weight excluding hydrogens is 366 g/mol. The van der Waals surface area contributed by atoms with Crippen LogP contribution in [0.25, 0.3) is 10.9 Å². The molecule has 0 amide bonds. The zero-order valence-electron chi connectivity index (χ0n) is 16.8. The van der Waals surface area contributed by atoms with E-state index in [0.717, 1.165) is 68.0 Å². The highest BCUT2D eigenvalue weighted by molar-refractivity contribution is 5.98. The molecule has 1 atom stereocenters. The molecule has 154 valence electrons. The van der Waals surface area contributed by atoms with E-state index in [0.29, 0.717) is 0 Å². The number of nitrogens with zero attached hydrogens (tertiary/aromatic N) is 3. The summed E-state index contributed by atoms with van der Waals surface area (Å²) in [6.07, 6.45) is 9.79. The highest BCUT2D eigenvalue weighted by atomic mass is 16.5. The third kappa shape index (κ3) is 4.60. The zero-order chi connectivity index (χ0) is 19.9. The van der Waals surface area contributed by atoms with E-state index in [2.05, 4.69) is 61.2 Å². The monoisotopic (exact) mass is 395 g/mol. The molecule has 0 saturated carbocycles. The molecule has 8 nitrogen and oxygen atoms in total. The Kier molecular flexibility index (Phi) is 6.12. The molecule has 4 rings (SSSR count). The Bertz CT molecular complexity index is 897. The van der Waals surface area contributed by atoms with E-state index in [1.807, 2.05) is 24.5 Å². The molecule has 2 aromatic rings. The number of aliphatic imine (C=N–C) groups is 1. The van der Waals surface area contributed by atoms with Crippen molar-refractivity contribution in [2.45, 2.75) is 25.6 Å². The molecule has 1 aromatic carbocycles. The van der Waals surface area contributed by atoms with E-state index in [1.165, 1.54) is 0 Å². The van der Waals surface area contributed by atoms with E-state index >= 15 is 0 Å². The lowest BCUT2D eigenvalue weighted by atomic mass is 10.2. The fourth-order valence-corrected chi connectivity index (χ4v) is 3.52. The quantitative estimate of drug-likeness (QED) is 0.237. The van der Waals surface area contributed by atoms with Crippen molar-refractivity contribution < 1.29 is 4.74 Å². The first-order valence-corrected chi connectivity index (χ1v) is 10.3. The number of nitrogens with one attached hydrogen (secondary N) is 4. The normalized spacial score (nSPS) is 22.1. The van der Waals surface area contributed by atoms with Gasteiger partial charge >= 0.3 is 0 Å². The van der Waals surface area contributed by atoms with Gasteiger partial charge in [0.15, 0.2) is 0 Å². The maximum Gasteiger partial charge on any atom is 0.224 e. The number of H-pyrrole nitrogens is 1. The van der Waals surface area contributed by atoms with Crippen LogP contribution in [0.1, 0.15) is 25.3 Å². The summed E-state index contributed by atoms with van der Waals surface area (Å²) in [4.78, 5) is 10.2. The molecule has 3 heterocycles. The molecular formula is C21H29N7O. The summed E-state index contributed by atoms with van der Waals surface area (Å²) in [6, 6.07) is 8.19. The van der Waals surface area contributed by atoms with Gasteiger partial charge in [0.1, 0.15) is 5.82 Å². The van der Waals surface area contributed by atoms with Gasteiger partial charge in [0.2, 0.25) is 5.79 Å². The number of hydrogen-bond donors (Lipinski definition) is 4. The standard InChI is InChI=1S/C21H29N7O/c1-2-3-8-24-21(13-20(23-16-25-21)28-9-11-29-12-10-28)27-26-15-17-14-22-19-7-5-4-6-18(17)19/h4-7,13-16,22,24,27H,2-3,8-12H2,1H3,(H,23,25)/b26-15+. The van der Waals surface area contributed by atoms with Crippen molar-refractivity contribution in [3.05, 3.63) is 47.9 Å². The summed E-state index contributed by atoms with van der Waals surface area (Å²) in [5, 5.41) is 12.5. The molecule has 0 radical (unpaired) electrons. The number of aromatic nitrogens is 1. The van der Waals surface area contributed by atoms with Gasteiger partial charge in [-0.15, -0.1) is 0 Å². The van der Waals surface area contributed by atoms with Gasteiger partial charge in [0.05, 0.1) is 25.8 Å². The van der Waals surface area contributed by atoms with Gasteiger partial charge < -0.3 is 19.9 Å². The minimum atomic E-state index is -0.781. The summed E-state index contributed by atoms with van der Waals surface area (Å²) in [5.74, 6) is 0.235. The Hall–Kier alpha value is -2.84. The van der Waals surface area contributed by atoms with Crippen LogP contribution in [0.3, 0.4) is 0 Å². The lowest BCUT2D eigenvalue weighted by molar-refractivity contribution is 0.0507. The number of aromatic amines is 1. The first-order valence-electron chi connectivity index (χ1n) is 10.3. The van der Waals surface area contributed by atoms with Gasteiger partial charge in [-0.1, -0.05) is 31.5 Å². The van der Waals surface area contributed by atoms with Crippen molar-refractivity contribution in [2.24, 2.45) is 10.1 Å². The predicted octanol–water partition coefficient (Wildman–Crippen LogP) is 1.94. The molecule has 4 N–H and O–H groups in total. The predicted molar refractivity (Wildman–Crippen MR) is 117 cm³/mol. The van der Waals surface area contributed by atoms with Gasteiger partial charge in [0.25, 0.3) is 0 Å². The van der Waals surface area contributed by atoms with Crippen LogP contribution in [-0.4, -0.2) is 61.1 Å². The number of hydrazone groups is 1. The van der Waals surface area contributed by atoms with Crippen LogP contribution >= 0.6 is 0 Å². The number of rotatable bonds is 8. The van der Waals surface area contributed by atoms with E-state index in [9.17, 15) is 0 Å². The van der Waals surface area contributed by atoms with Crippen molar-refractivity contribution >= 4 is 23.5 Å². The van der Waals surface area contributed by atoms with Gasteiger partial charge in [-0.2, -0.15) is 5.10 Å². The fraction of sp³-hybridized carbons (Fsp3) is 0.429. The molecule has 2 aliphatic heterocycles. The maximum atomic E-state index is 5.48. The molecule has 8 heteroatoms. The second-order valence-electron chi connectivity index (χ2n) is 7.24. The van der Waals surface area contributed by atoms with Crippen LogP contribution in [0.2, 0.25) is 0 Å². The smallest absolute Gasteiger partial charge is 0.224 e. The first-order chi connectivity index (χ1) is 14.3. The highest BCUT2D eigenvalue weighted by Crippen LogP contribution is 2.17. The summed E-state index contributed by atoms with van der Waals surface area (Å²) >= 11 is 0. The number of morpholine rings is 1. The number of fused-ring (bicyclic) bond motifs is 1. The Balaban J connectivity index is 1.53. The van der Waals surface area contributed by atoms with Crippen LogP contribution in [-0.2, 0) is 4.74 Å². The van der Waals surface area contributed by atoms with Crippen LogP contribution in [0.5, 0.6) is 0 Å². The highest BCUT2D eigenvalue weighted by Gasteiger charge is 2.30. The van der Waals surface area contributed by atoms with Crippen molar-refractivity contribution in [3.63, 3.8) is 0 Å². The molecule has 0 spiro atoms. The van der Waals surface area contributed by atoms with Crippen LogP contribution in [0.15, 0.2) is 52.5 Å². The Morgan fingerprint density at radius 3 is 3.03 bits per heavy atom. The van der Waals surface area contributed by atoms with Crippen molar-refractivity contribution in [3.8, 4) is 0 Å². The number of hydrogen-bond acceptors (Lipinski definition) is 7. The number of para-hydroxylation sites is 1. The summed E-state index contributed by atoms with van der Waals surface area (Å²) in [6.45, 7) is 6.21. The molecule has 2 aliphatic rings. The SMILES string of the molecule is CCCCNC1(N/N=C/c2c[nH]c3ccccc23)C=C(N2CCOCC2)NC=N1. The van der Waals surface area contributed by atoms with E-state index in [4.69, 9.17) is 4.74 Å². The third-order valence-corrected chi connectivity index (χ3v) is 5.16. The minimum Gasteiger partial charge on any atom is -0.378 e. The molecule has 29 heavy (non-hydrogen) atoms. The molecule has 0 bridgehead atoms. The minimum absolute atomic E-state index is 0.735. The maximum absolute atomic E-state index is 5.48. The average Bonchev–Trinajstić information content (AvgIpc) is 3.18. The van der Waals surface area contributed by atoms with E-state index < -0.39 is 5.79 Å². The van der Waals surface area contributed by atoms with Crippen LogP contribution in [0, 0.1) is 0 Å². The second kappa shape index (κ2) is 9.11. The number of ether oxygens (including phenoxy) is 1. The number of unbranched alkanes of at least 4 members (excludes halogenated alkanes) is 1. The zero-order valence-corrected chi connectivity index (χ0v) is 16.8. The fourth-order valence-electron chi connectivity index (χ4n) is 3.52. The van der Waals surface area contributed by atoms with Crippen molar-refractivity contribution in [1.82, 2.24) is 25.9 Å². The van der Waals surface area contributed by atoms with Gasteiger partial charge in [-0.3, -0.25) is 10.7 Å². The molecule has 1 saturated heterocycles. The summed E-state index contributed by atoms with van der Waals surface area (Å²) in [5.41, 5.74) is 5.37. The Morgan fingerprint density at radius 2 is 2.17 bits per heavy atom. The van der Waals surface area contributed by atoms with E-state index in [1.54, 1.807) is 6.34 Å². The third-order valence-electron chi connectivity index (χ3n) is 5.16. The first kappa shape index (κ1) is 19.5. The van der Waals surface area contributed by atoms with Crippen molar-refractivity contribution in [2.75, 3.05) is 32.8 Å².